The normalized spacial score (nSPS) is 32.8. The van der Waals surface area contributed by atoms with Gasteiger partial charge >= 0.3 is 0 Å². The van der Waals surface area contributed by atoms with Gasteiger partial charge in [0, 0.05) is 44.7 Å². The molecule has 1 saturated carbocycles. The lowest BCUT2D eigenvalue weighted by Gasteiger charge is -2.45. The molecular weight excluding hydrogens is 769 g/mol. The number of rotatable bonds is 6. The van der Waals surface area contributed by atoms with Crippen LogP contribution in [0, 0.1) is 17.8 Å². The van der Waals surface area contributed by atoms with Gasteiger partial charge in [0.15, 0.2) is 0 Å². The van der Waals surface area contributed by atoms with Crippen LogP contribution in [-0.2, 0) is 5.41 Å². The van der Waals surface area contributed by atoms with Crippen LogP contribution in [0.25, 0.3) is 11.1 Å². The molecule has 1 aliphatic heterocycles. The van der Waals surface area contributed by atoms with E-state index in [0.717, 1.165) is 44.9 Å². The quantitative estimate of drug-likeness (QED) is 0.287. The van der Waals surface area contributed by atoms with Crippen molar-refractivity contribution in [1.82, 2.24) is 9.80 Å². The summed E-state index contributed by atoms with van der Waals surface area (Å²) in [6.45, 7) is 0. The first-order chi connectivity index (χ1) is 30.8. The van der Waals surface area contributed by atoms with E-state index in [1.54, 1.807) is 32.9 Å². The van der Waals surface area contributed by atoms with Crippen molar-refractivity contribution >= 4 is 22.9 Å². The maximum Gasteiger partial charge on any atom is 0.0686 e. The molecule has 2 aromatic carbocycles. The van der Waals surface area contributed by atoms with E-state index in [9.17, 15) is 0 Å². The minimum absolute atomic E-state index is 0.298. The number of benzene rings is 2. The SMILES string of the molecule is C1=CCC(N(C2=CCCC3=C2c2ccccc2C32C3=C(CCC(N(C4C=CC=CC4)C4CC=CC5=C4SC4C=CC=C[C@@H]54)=C3)c3ccccc32)C2=CC=CC3CCCCC23)C=C1. The van der Waals surface area contributed by atoms with E-state index >= 15 is 0 Å². The number of fused-ring (bicyclic) bond motifs is 11. The predicted octanol–water partition coefficient (Wildman–Crippen LogP) is 13.9. The van der Waals surface area contributed by atoms with Crippen molar-refractivity contribution in [2.24, 2.45) is 17.8 Å². The van der Waals surface area contributed by atoms with Crippen molar-refractivity contribution in [2.75, 3.05) is 0 Å². The highest BCUT2D eigenvalue weighted by atomic mass is 32.2. The Morgan fingerprint density at radius 2 is 1.45 bits per heavy atom. The molecule has 1 fully saturated rings. The average molecular weight is 825 g/mol. The highest BCUT2D eigenvalue weighted by Crippen LogP contribution is 2.66. The van der Waals surface area contributed by atoms with Gasteiger partial charge in [-0.1, -0.05) is 165 Å². The van der Waals surface area contributed by atoms with E-state index in [-0.39, 0.29) is 5.41 Å². The Morgan fingerprint density at radius 3 is 2.31 bits per heavy atom. The number of thioether (sulfide) groups is 1. The summed E-state index contributed by atoms with van der Waals surface area (Å²) in [5, 5.41) is 0.499. The Kier molecular flexibility index (Phi) is 8.99. The topological polar surface area (TPSA) is 6.48 Å². The zero-order chi connectivity index (χ0) is 40.8. The van der Waals surface area contributed by atoms with Gasteiger partial charge in [0.1, 0.15) is 0 Å². The van der Waals surface area contributed by atoms with Gasteiger partial charge in [-0.25, -0.2) is 0 Å². The van der Waals surface area contributed by atoms with Gasteiger partial charge in [0.2, 0.25) is 0 Å². The minimum atomic E-state index is -0.317. The summed E-state index contributed by atoms with van der Waals surface area (Å²) >= 11 is 2.14. The number of hydrogen-bond acceptors (Lipinski definition) is 3. The van der Waals surface area contributed by atoms with Gasteiger partial charge in [-0.3, -0.25) is 0 Å². The summed E-state index contributed by atoms with van der Waals surface area (Å²) < 4.78 is 0. The summed E-state index contributed by atoms with van der Waals surface area (Å²) in [4.78, 5) is 7.36. The second-order valence-corrected chi connectivity index (χ2v) is 20.5. The van der Waals surface area contributed by atoms with Gasteiger partial charge < -0.3 is 9.80 Å². The molecule has 11 aliphatic rings. The third kappa shape index (κ3) is 5.49. The molecule has 0 radical (unpaired) electrons. The summed E-state index contributed by atoms with van der Waals surface area (Å²) in [5.41, 5.74) is 17.9. The van der Waals surface area contributed by atoms with E-state index in [1.165, 1.54) is 64.9 Å². The van der Waals surface area contributed by atoms with Crippen molar-refractivity contribution in [3.8, 4) is 0 Å². The molecule has 0 saturated heterocycles. The molecule has 1 spiro atoms. The zero-order valence-corrected chi connectivity index (χ0v) is 36.5. The molecule has 2 aromatic rings. The fourth-order valence-corrected chi connectivity index (χ4v) is 15.4. The van der Waals surface area contributed by atoms with Crippen LogP contribution in [0.2, 0.25) is 0 Å². The average Bonchev–Trinajstić information content (AvgIpc) is 3.97. The van der Waals surface area contributed by atoms with Crippen LogP contribution in [-0.4, -0.2) is 33.2 Å². The molecule has 0 aromatic heterocycles. The Hall–Kier alpha value is -5.25. The van der Waals surface area contributed by atoms with Crippen LogP contribution in [0.5, 0.6) is 0 Å². The standard InChI is InChI=1S/C59H56N2S/c1-3-20-40(21-4-1)60(55-34-16-28-47-46-26-11-14-35-56(46)62-58(47)55)42-36-37-45-44-25-9-12-29-49(44)59(52(45)38-42)50-30-13-10-27-48(50)57-51(59)31-17-33-54(57)61(41-22-5-2-6-23-41)53-32-15-19-39-18-7-8-24-43(39)53/h1-6,9-16,19-20,22,25-30,32-33,35,38-41,43,46,55-56H,7-8,17-18,21,23-24,31,34,36-37H2/t39?,40?,41?,43?,46-,55?,56?,59?/m0/s1. The molecular formula is C59H56N2S. The molecule has 10 aliphatic carbocycles. The maximum atomic E-state index is 2.91. The van der Waals surface area contributed by atoms with Crippen LogP contribution in [0.4, 0.5) is 0 Å². The van der Waals surface area contributed by atoms with E-state index in [0.29, 0.717) is 41.1 Å². The second kappa shape index (κ2) is 14.9. The Bertz CT molecular complexity index is 2710. The number of allylic oxidation sites excluding steroid dienone is 20. The molecule has 13 rings (SSSR count). The Balaban J connectivity index is 0.993. The third-order valence-electron chi connectivity index (χ3n) is 16.3. The van der Waals surface area contributed by atoms with Gasteiger partial charge in [-0.05, 0) is 120 Å². The molecule has 0 amide bonds. The molecule has 3 heteroatoms. The summed E-state index contributed by atoms with van der Waals surface area (Å²) in [5.74, 6) is 1.69. The fourth-order valence-electron chi connectivity index (χ4n) is 13.8. The largest absolute Gasteiger partial charge is 0.360 e. The highest BCUT2D eigenvalue weighted by Gasteiger charge is 2.56. The second-order valence-electron chi connectivity index (χ2n) is 19.2. The van der Waals surface area contributed by atoms with Gasteiger partial charge in [-0.15, -0.1) is 11.8 Å². The van der Waals surface area contributed by atoms with Crippen molar-refractivity contribution in [2.45, 2.75) is 99.4 Å². The van der Waals surface area contributed by atoms with E-state index in [2.05, 4.69) is 186 Å². The smallest absolute Gasteiger partial charge is 0.0686 e. The number of hydrogen-bond donors (Lipinski definition) is 0. The number of nitrogens with zero attached hydrogens (tertiary/aromatic N) is 2. The first kappa shape index (κ1) is 37.3. The van der Waals surface area contributed by atoms with Crippen molar-refractivity contribution in [3.63, 3.8) is 0 Å². The lowest BCUT2D eigenvalue weighted by molar-refractivity contribution is 0.233. The monoisotopic (exact) mass is 824 g/mol. The molecule has 62 heavy (non-hydrogen) atoms. The lowest BCUT2D eigenvalue weighted by Crippen LogP contribution is -2.43. The Morgan fingerprint density at radius 1 is 0.677 bits per heavy atom. The minimum Gasteiger partial charge on any atom is -0.360 e. The fraction of sp³-hybridized carbons (Fsp3) is 0.322. The van der Waals surface area contributed by atoms with Gasteiger partial charge in [-0.2, -0.15) is 0 Å². The third-order valence-corrected chi connectivity index (χ3v) is 17.7. The van der Waals surface area contributed by atoms with Crippen LogP contribution in [0.1, 0.15) is 92.9 Å². The van der Waals surface area contributed by atoms with Crippen LogP contribution in [0.15, 0.2) is 203 Å². The first-order valence-corrected chi connectivity index (χ1v) is 24.8. The first-order valence-electron chi connectivity index (χ1n) is 23.9. The Labute approximate surface area is 373 Å². The lowest BCUT2D eigenvalue weighted by atomic mass is 9.66. The molecule has 1 heterocycles. The van der Waals surface area contributed by atoms with Crippen LogP contribution < -0.4 is 0 Å². The van der Waals surface area contributed by atoms with E-state index in [1.807, 2.05) is 0 Å². The molecule has 308 valence electrons. The van der Waals surface area contributed by atoms with Crippen molar-refractivity contribution < 1.29 is 0 Å². The van der Waals surface area contributed by atoms with E-state index in [4.69, 9.17) is 0 Å². The maximum absolute atomic E-state index is 2.91. The molecule has 7 unspecified atom stereocenters. The van der Waals surface area contributed by atoms with Crippen molar-refractivity contribution in [1.29, 1.82) is 0 Å². The van der Waals surface area contributed by atoms with E-state index < -0.39 is 0 Å². The summed E-state index contributed by atoms with van der Waals surface area (Å²) in [7, 11) is 0. The van der Waals surface area contributed by atoms with Gasteiger partial charge in [0.25, 0.3) is 0 Å². The molecule has 0 N–H and O–H groups in total. The summed E-state index contributed by atoms with van der Waals surface area (Å²) in [6, 6.07) is 20.2. The van der Waals surface area contributed by atoms with Gasteiger partial charge in [0.05, 0.1) is 23.5 Å². The van der Waals surface area contributed by atoms with Crippen molar-refractivity contribution in [3.05, 3.63) is 225 Å². The molecule has 0 bridgehead atoms. The zero-order valence-electron chi connectivity index (χ0n) is 35.7. The van der Waals surface area contributed by atoms with Crippen LogP contribution in [0.3, 0.4) is 0 Å². The highest BCUT2D eigenvalue weighted by molar-refractivity contribution is 8.04. The molecule has 2 nitrogen and oxygen atoms in total. The van der Waals surface area contributed by atoms with Crippen LogP contribution >= 0.6 is 11.8 Å². The summed E-state index contributed by atoms with van der Waals surface area (Å²) in [6.07, 6.45) is 58.8. The predicted molar refractivity (Wildman–Crippen MR) is 260 cm³/mol. The molecule has 8 atom stereocenters.